The normalized spacial score (nSPS) is 11.6. The van der Waals surface area contributed by atoms with E-state index in [1.807, 2.05) is 0 Å². The molecule has 3 nitrogen and oxygen atoms in total. The third-order valence-corrected chi connectivity index (χ3v) is 1.91. The second-order valence-corrected chi connectivity index (χ2v) is 3.00. The van der Waals surface area contributed by atoms with Crippen LogP contribution >= 0.6 is 0 Å². The molecule has 0 atom stereocenters. The highest BCUT2D eigenvalue weighted by molar-refractivity contribution is 5.38. The van der Waals surface area contributed by atoms with Crippen LogP contribution in [0.3, 0.4) is 0 Å². The van der Waals surface area contributed by atoms with Crippen LogP contribution in [0.4, 0.5) is 22.0 Å². The van der Waals surface area contributed by atoms with Gasteiger partial charge in [0.15, 0.2) is 5.69 Å². The van der Waals surface area contributed by atoms with Gasteiger partial charge in [-0.3, -0.25) is 0 Å². The van der Waals surface area contributed by atoms with Gasteiger partial charge in [-0.2, -0.15) is 18.4 Å². The Morgan fingerprint density at radius 1 is 1.41 bits per heavy atom. The quantitative estimate of drug-likeness (QED) is 0.822. The first-order valence-electron chi connectivity index (χ1n) is 4.21. The van der Waals surface area contributed by atoms with E-state index in [0.717, 1.165) is 0 Å². The van der Waals surface area contributed by atoms with Crippen molar-refractivity contribution in [2.75, 3.05) is 0 Å². The molecule has 0 saturated heterocycles. The van der Waals surface area contributed by atoms with Gasteiger partial charge < -0.3 is 5.11 Å². The molecule has 0 unspecified atom stereocenters. The van der Waals surface area contributed by atoms with Gasteiger partial charge >= 0.3 is 6.18 Å². The van der Waals surface area contributed by atoms with Crippen molar-refractivity contribution in [2.45, 2.75) is 19.2 Å². The number of aliphatic hydroxyl groups is 1. The maximum absolute atomic E-state index is 12.4. The molecule has 0 aromatic carbocycles. The molecule has 0 aliphatic rings. The third kappa shape index (κ3) is 2.68. The minimum absolute atomic E-state index is 0.365. The zero-order chi connectivity index (χ0) is 13.2. The van der Waals surface area contributed by atoms with Gasteiger partial charge in [0.25, 0.3) is 6.43 Å². The van der Waals surface area contributed by atoms with Crippen LogP contribution in [-0.2, 0) is 12.8 Å². The summed E-state index contributed by atoms with van der Waals surface area (Å²) in [5, 5.41) is 17.2. The zero-order valence-corrected chi connectivity index (χ0v) is 8.09. The molecule has 1 aromatic heterocycles. The fraction of sp³-hybridized carbons (Fsp3) is 0.333. The van der Waals surface area contributed by atoms with E-state index in [4.69, 9.17) is 10.4 Å². The lowest BCUT2D eigenvalue weighted by Gasteiger charge is -2.13. The van der Waals surface area contributed by atoms with E-state index < -0.39 is 36.2 Å². The van der Waals surface area contributed by atoms with Gasteiger partial charge in [0.05, 0.1) is 6.61 Å². The van der Waals surface area contributed by atoms with Crippen molar-refractivity contribution in [3.8, 4) is 6.07 Å². The lowest BCUT2D eigenvalue weighted by atomic mass is 10.1. The largest absolute Gasteiger partial charge is 0.433 e. The van der Waals surface area contributed by atoms with Gasteiger partial charge in [0.1, 0.15) is 11.8 Å². The predicted octanol–water partition coefficient (Wildman–Crippen LogP) is 2.40. The first kappa shape index (κ1) is 13.3. The molecule has 1 N–H and O–H groups in total. The monoisotopic (exact) mass is 252 g/mol. The van der Waals surface area contributed by atoms with Crippen molar-refractivity contribution in [3.05, 3.63) is 28.6 Å². The molecule has 17 heavy (non-hydrogen) atoms. The van der Waals surface area contributed by atoms with Crippen molar-refractivity contribution in [2.24, 2.45) is 0 Å². The number of halogens is 5. The van der Waals surface area contributed by atoms with Gasteiger partial charge in [0.2, 0.25) is 0 Å². The highest BCUT2D eigenvalue weighted by Gasteiger charge is 2.38. The van der Waals surface area contributed by atoms with E-state index in [2.05, 4.69) is 4.98 Å². The third-order valence-electron chi connectivity index (χ3n) is 1.91. The number of aromatic nitrogens is 1. The molecular weight excluding hydrogens is 247 g/mol. The van der Waals surface area contributed by atoms with E-state index in [1.165, 1.54) is 6.07 Å². The highest BCUT2D eigenvalue weighted by Crippen LogP contribution is 2.35. The van der Waals surface area contributed by atoms with E-state index in [0.29, 0.717) is 6.07 Å². The predicted molar refractivity (Wildman–Crippen MR) is 44.8 cm³/mol. The number of nitriles is 1. The number of pyridine rings is 1. The first-order valence-corrected chi connectivity index (χ1v) is 4.21. The second-order valence-electron chi connectivity index (χ2n) is 3.00. The Bertz CT molecular complexity index is 464. The fourth-order valence-electron chi connectivity index (χ4n) is 1.18. The number of rotatable bonds is 2. The van der Waals surface area contributed by atoms with E-state index in [9.17, 15) is 22.0 Å². The Hall–Kier alpha value is -1.75. The SMILES string of the molecule is N#Cc1nc(C(F)(F)F)c(C(F)F)cc1CO. The smallest absolute Gasteiger partial charge is 0.392 e. The Labute approximate surface area is 92.1 Å². The summed E-state index contributed by atoms with van der Waals surface area (Å²) in [6.07, 6.45) is -8.47. The van der Waals surface area contributed by atoms with Crippen molar-refractivity contribution >= 4 is 0 Å². The summed E-state index contributed by atoms with van der Waals surface area (Å²) in [7, 11) is 0. The Morgan fingerprint density at radius 3 is 2.35 bits per heavy atom. The van der Waals surface area contributed by atoms with Crippen molar-refractivity contribution in [3.63, 3.8) is 0 Å². The van der Waals surface area contributed by atoms with Crippen LogP contribution in [0.15, 0.2) is 6.07 Å². The van der Waals surface area contributed by atoms with Crippen LogP contribution in [0.25, 0.3) is 0 Å². The molecule has 1 aromatic rings. The van der Waals surface area contributed by atoms with Crippen LogP contribution in [0, 0.1) is 11.3 Å². The zero-order valence-electron chi connectivity index (χ0n) is 8.09. The molecule has 0 bridgehead atoms. The van der Waals surface area contributed by atoms with Gasteiger partial charge in [-0.15, -0.1) is 0 Å². The Balaban J connectivity index is 3.53. The summed E-state index contributed by atoms with van der Waals surface area (Å²) >= 11 is 0. The molecule has 1 rings (SSSR count). The van der Waals surface area contributed by atoms with Crippen molar-refractivity contribution < 1.29 is 27.1 Å². The summed E-state index contributed by atoms with van der Waals surface area (Å²) in [6.45, 7) is -0.840. The average molecular weight is 252 g/mol. The van der Waals surface area contributed by atoms with Gasteiger partial charge in [-0.25, -0.2) is 13.8 Å². The summed E-state index contributed by atoms with van der Waals surface area (Å²) in [6, 6.07) is 1.75. The summed E-state index contributed by atoms with van der Waals surface area (Å²) < 4.78 is 62.0. The average Bonchev–Trinajstić information content (AvgIpc) is 2.25. The molecule has 0 spiro atoms. The van der Waals surface area contributed by atoms with Crippen LogP contribution in [0.1, 0.15) is 28.9 Å². The van der Waals surface area contributed by atoms with Gasteiger partial charge in [0, 0.05) is 11.1 Å². The standard InChI is InChI=1S/C9H5F5N2O/c10-8(11)5-1-4(3-17)6(2-15)16-7(5)9(12,13)14/h1,8,17H,3H2. The number of hydrogen-bond donors (Lipinski definition) is 1. The van der Waals surface area contributed by atoms with E-state index in [-0.39, 0.29) is 5.56 Å². The summed E-state index contributed by atoms with van der Waals surface area (Å²) in [5.74, 6) is 0. The Morgan fingerprint density at radius 2 is 2.00 bits per heavy atom. The summed E-state index contributed by atoms with van der Waals surface area (Å²) in [5.41, 5.74) is -4.23. The number of hydrogen-bond acceptors (Lipinski definition) is 3. The lowest BCUT2D eigenvalue weighted by Crippen LogP contribution is -2.15. The minimum Gasteiger partial charge on any atom is -0.392 e. The summed E-state index contributed by atoms with van der Waals surface area (Å²) in [4.78, 5) is 2.83. The number of nitrogens with zero attached hydrogens (tertiary/aromatic N) is 2. The van der Waals surface area contributed by atoms with E-state index in [1.54, 1.807) is 0 Å². The van der Waals surface area contributed by atoms with Crippen molar-refractivity contribution in [1.82, 2.24) is 4.98 Å². The maximum Gasteiger partial charge on any atom is 0.433 e. The molecule has 1 heterocycles. The second kappa shape index (κ2) is 4.63. The van der Waals surface area contributed by atoms with Crippen LogP contribution in [0.5, 0.6) is 0 Å². The van der Waals surface area contributed by atoms with E-state index >= 15 is 0 Å². The molecule has 92 valence electrons. The molecule has 0 aliphatic heterocycles. The topological polar surface area (TPSA) is 56.9 Å². The Kier molecular flexibility index (Phi) is 3.63. The fourth-order valence-corrected chi connectivity index (χ4v) is 1.18. The van der Waals surface area contributed by atoms with Crippen molar-refractivity contribution in [1.29, 1.82) is 5.26 Å². The molecule has 8 heteroatoms. The van der Waals surface area contributed by atoms with Crippen LogP contribution in [-0.4, -0.2) is 10.1 Å². The molecule has 0 fully saturated rings. The molecule has 0 aliphatic carbocycles. The molecule has 0 radical (unpaired) electrons. The number of aliphatic hydroxyl groups excluding tert-OH is 1. The highest BCUT2D eigenvalue weighted by atomic mass is 19.4. The molecule has 0 amide bonds. The minimum atomic E-state index is -5.08. The van der Waals surface area contributed by atoms with Gasteiger partial charge in [-0.1, -0.05) is 0 Å². The van der Waals surface area contributed by atoms with Gasteiger partial charge in [-0.05, 0) is 6.07 Å². The lowest BCUT2D eigenvalue weighted by molar-refractivity contribution is -0.143. The van der Waals surface area contributed by atoms with Crippen LogP contribution < -0.4 is 0 Å². The molecular formula is C9H5F5N2O. The molecule has 0 saturated carbocycles. The first-order chi connectivity index (χ1) is 7.81. The maximum atomic E-state index is 12.4. The van der Waals surface area contributed by atoms with Crippen LogP contribution in [0.2, 0.25) is 0 Å². The number of alkyl halides is 5.